The molecule has 11 heteroatoms. The first-order valence-electron chi connectivity index (χ1n) is 9.91. The Hall–Kier alpha value is -4.80. The molecule has 3 rings (SSSR count). The number of non-ortho nitro benzene ring substituents is 1. The highest BCUT2D eigenvalue weighted by Gasteiger charge is 2.15. The molecule has 0 atom stereocenters. The van der Waals surface area contributed by atoms with E-state index in [9.17, 15) is 28.9 Å². The van der Waals surface area contributed by atoms with Gasteiger partial charge in [0, 0.05) is 23.5 Å². The number of ether oxygens (including phenoxy) is 1. The Morgan fingerprint density at radius 2 is 1.44 bits per heavy atom. The van der Waals surface area contributed by atoms with Gasteiger partial charge in [0.15, 0.2) is 6.61 Å². The van der Waals surface area contributed by atoms with Crippen LogP contribution in [0.1, 0.15) is 10.4 Å². The molecule has 3 aromatic carbocycles. The van der Waals surface area contributed by atoms with E-state index in [0.717, 1.165) is 0 Å². The van der Waals surface area contributed by atoms with Crippen LogP contribution in [0.15, 0.2) is 72.8 Å². The van der Waals surface area contributed by atoms with Gasteiger partial charge < -0.3 is 20.7 Å². The first kappa shape index (κ1) is 23.9. The van der Waals surface area contributed by atoms with Gasteiger partial charge in [0.1, 0.15) is 11.6 Å². The molecule has 0 radical (unpaired) electrons. The molecule has 174 valence electrons. The lowest BCUT2D eigenvalue weighted by atomic mass is 10.2. The second kappa shape index (κ2) is 11.2. The molecule has 0 unspecified atom stereocenters. The van der Waals surface area contributed by atoms with Crippen LogP contribution in [0.25, 0.3) is 0 Å². The number of carbonyl (C=O) groups is 3. The van der Waals surface area contributed by atoms with Gasteiger partial charge in [-0.1, -0.05) is 12.1 Å². The quantitative estimate of drug-likeness (QED) is 0.327. The SMILES string of the molecule is O=C(CNC(=O)c1ccccc1OCC(=O)Nc1ccc(F)cc1)Nc1ccc([N+](=O)[O-])cc1. The van der Waals surface area contributed by atoms with Gasteiger partial charge in [0.25, 0.3) is 17.5 Å². The Balaban J connectivity index is 1.52. The normalized spacial score (nSPS) is 10.1. The molecule has 0 heterocycles. The summed E-state index contributed by atoms with van der Waals surface area (Å²) in [5.41, 5.74) is 0.718. The number of carbonyl (C=O) groups excluding carboxylic acids is 3. The van der Waals surface area contributed by atoms with Gasteiger partial charge in [-0.05, 0) is 48.5 Å². The van der Waals surface area contributed by atoms with E-state index in [1.54, 1.807) is 12.1 Å². The smallest absolute Gasteiger partial charge is 0.269 e. The first-order chi connectivity index (χ1) is 16.3. The largest absolute Gasteiger partial charge is 0.483 e. The molecule has 0 saturated carbocycles. The van der Waals surface area contributed by atoms with Crippen LogP contribution in [0.2, 0.25) is 0 Å². The zero-order valence-corrected chi connectivity index (χ0v) is 17.6. The standard InChI is InChI=1S/C23H19FN4O6/c24-15-5-7-16(8-6-15)27-22(30)14-34-20-4-2-1-3-19(20)23(31)25-13-21(29)26-17-9-11-18(12-10-17)28(32)33/h1-12H,13-14H2,(H,25,31)(H,26,29)(H,27,30). The first-order valence-corrected chi connectivity index (χ1v) is 9.91. The molecule has 0 saturated heterocycles. The minimum Gasteiger partial charge on any atom is -0.483 e. The van der Waals surface area contributed by atoms with Crippen LogP contribution in [0, 0.1) is 15.9 Å². The monoisotopic (exact) mass is 466 g/mol. The number of amides is 3. The van der Waals surface area contributed by atoms with Gasteiger partial charge in [-0.3, -0.25) is 24.5 Å². The fourth-order valence-electron chi connectivity index (χ4n) is 2.78. The van der Waals surface area contributed by atoms with Gasteiger partial charge in [0.2, 0.25) is 5.91 Å². The molecule has 0 spiro atoms. The van der Waals surface area contributed by atoms with Gasteiger partial charge in [0.05, 0.1) is 17.0 Å². The Kier molecular flexibility index (Phi) is 7.84. The number of rotatable bonds is 9. The Labute approximate surface area is 192 Å². The summed E-state index contributed by atoms with van der Waals surface area (Å²) < 4.78 is 18.4. The molecule has 0 aliphatic carbocycles. The fourth-order valence-corrected chi connectivity index (χ4v) is 2.78. The Morgan fingerprint density at radius 1 is 0.853 bits per heavy atom. The lowest BCUT2D eigenvalue weighted by molar-refractivity contribution is -0.384. The molecule has 0 fully saturated rings. The Morgan fingerprint density at radius 3 is 2.09 bits per heavy atom. The molecule has 34 heavy (non-hydrogen) atoms. The summed E-state index contributed by atoms with van der Waals surface area (Å²) in [6.45, 7) is -0.766. The maximum absolute atomic E-state index is 13.0. The van der Waals surface area contributed by atoms with Crippen molar-refractivity contribution in [1.29, 1.82) is 0 Å². The van der Waals surface area contributed by atoms with Gasteiger partial charge >= 0.3 is 0 Å². The third-order valence-corrected chi connectivity index (χ3v) is 4.39. The maximum Gasteiger partial charge on any atom is 0.269 e. The van der Waals surface area contributed by atoms with Gasteiger partial charge in [-0.15, -0.1) is 0 Å². The molecule has 3 aromatic rings. The topological polar surface area (TPSA) is 140 Å². The van der Waals surface area contributed by atoms with E-state index < -0.39 is 35.1 Å². The molecular weight excluding hydrogens is 447 g/mol. The van der Waals surface area contributed by atoms with Crippen LogP contribution in [0.5, 0.6) is 5.75 Å². The number of nitrogens with zero attached hydrogens (tertiary/aromatic N) is 1. The second-order valence-corrected chi connectivity index (χ2v) is 6.87. The summed E-state index contributed by atoms with van der Waals surface area (Å²) in [4.78, 5) is 46.8. The molecule has 3 N–H and O–H groups in total. The second-order valence-electron chi connectivity index (χ2n) is 6.87. The van der Waals surface area contributed by atoms with Crippen molar-refractivity contribution in [3.8, 4) is 5.75 Å². The van der Waals surface area contributed by atoms with E-state index in [1.165, 1.54) is 60.7 Å². The van der Waals surface area contributed by atoms with Crippen molar-refractivity contribution in [2.75, 3.05) is 23.8 Å². The summed E-state index contributed by atoms with van der Waals surface area (Å²) in [5, 5.41) is 18.2. The molecule has 10 nitrogen and oxygen atoms in total. The third-order valence-electron chi connectivity index (χ3n) is 4.39. The highest BCUT2D eigenvalue weighted by Crippen LogP contribution is 2.18. The van der Waals surface area contributed by atoms with Crippen LogP contribution in [-0.2, 0) is 9.59 Å². The summed E-state index contributed by atoms with van der Waals surface area (Å²) in [5.74, 6) is -1.96. The minimum absolute atomic E-state index is 0.111. The molecular formula is C23H19FN4O6. The van der Waals surface area contributed by atoms with E-state index in [0.29, 0.717) is 11.4 Å². The lowest BCUT2D eigenvalue weighted by Gasteiger charge is -2.12. The van der Waals surface area contributed by atoms with Crippen molar-refractivity contribution in [3.05, 3.63) is 94.3 Å². The number of anilines is 2. The maximum atomic E-state index is 13.0. The van der Waals surface area contributed by atoms with Crippen molar-refractivity contribution in [2.24, 2.45) is 0 Å². The highest BCUT2D eigenvalue weighted by atomic mass is 19.1. The van der Waals surface area contributed by atoms with Crippen molar-refractivity contribution in [3.63, 3.8) is 0 Å². The molecule has 0 aliphatic rings. The predicted octanol–water partition coefficient (Wildman–Crippen LogP) is 3.12. The molecule has 0 aromatic heterocycles. The van der Waals surface area contributed by atoms with Crippen LogP contribution in [0.4, 0.5) is 21.5 Å². The van der Waals surface area contributed by atoms with E-state index in [1.807, 2.05) is 0 Å². The van der Waals surface area contributed by atoms with Gasteiger partial charge in [-0.2, -0.15) is 0 Å². The van der Waals surface area contributed by atoms with Crippen LogP contribution < -0.4 is 20.7 Å². The van der Waals surface area contributed by atoms with Crippen molar-refractivity contribution in [1.82, 2.24) is 5.32 Å². The van der Waals surface area contributed by atoms with E-state index in [4.69, 9.17) is 4.74 Å². The van der Waals surface area contributed by atoms with E-state index in [2.05, 4.69) is 16.0 Å². The van der Waals surface area contributed by atoms with Crippen LogP contribution in [0.3, 0.4) is 0 Å². The summed E-state index contributed by atoms with van der Waals surface area (Å²) in [7, 11) is 0. The number of para-hydroxylation sites is 1. The average molecular weight is 466 g/mol. The summed E-state index contributed by atoms with van der Waals surface area (Å²) in [6.07, 6.45) is 0. The van der Waals surface area contributed by atoms with E-state index in [-0.39, 0.29) is 23.5 Å². The number of hydrogen-bond donors (Lipinski definition) is 3. The van der Waals surface area contributed by atoms with Crippen molar-refractivity contribution < 1.29 is 28.4 Å². The van der Waals surface area contributed by atoms with Crippen molar-refractivity contribution >= 4 is 34.8 Å². The molecule has 0 aliphatic heterocycles. The number of nitro benzene ring substituents is 1. The fraction of sp³-hybridized carbons (Fsp3) is 0.0870. The lowest BCUT2D eigenvalue weighted by Crippen LogP contribution is -2.33. The van der Waals surface area contributed by atoms with E-state index >= 15 is 0 Å². The van der Waals surface area contributed by atoms with Crippen molar-refractivity contribution in [2.45, 2.75) is 0 Å². The average Bonchev–Trinajstić information content (AvgIpc) is 2.83. The minimum atomic E-state index is -0.603. The zero-order valence-electron chi connectivity index (χ0n) is 17.6. The molecule has 3 amide bonds. The van der Waals surface area contributed by atoms with Crippen LogP contribution >= 0.6 is 0 Å². The third kappa shape index (κ3) is 6.85. The zero-order chi connectivity index (χ0) is 24.5. The number of nitro groups is 1. The number of hydrogen-bond acceptors (Lipinski definition) is 6. The number of nitrogens with one attached hydrogen (secondary N) is 3. The highest BCUT2D eigenvalue weighted by molar-refractivity contribution is 6.01. The number of benzene rings is 3. The summed E-state index contributed by atoms with van der Waals surface area (Å²) in [6, 6.07) is 16.6. The summed E-state index contributed by atoms with van der Waals surface area (Å²) >= 11 is 0. The predicted molar refractivity (Wildman–Crippen MR) is 121 cm³/mol. The van der Waals surface area contributed by atoms with Gasteiger partial charge in [-0.25, -0.2) is 4.39 Å². The van der Waals surface area contributed by atoms with Crippen LogP contribution in [-0.4, -0.2) is 35.8 Å². The number of halogens is 1. The molecule has 0 bridgehead atoms. The Bertz CT molecular complexity index is 1200.